The largest absolute Gasteiger partial charge is 0.398 e. The second-order valence-corrected chi connectivity index (χ2v) is 6.06. The van der Waals surface area contributed by atoms with Crippen LogP contribution in [0, 0.1) is 12.8 Å². The molecule has 1 saturated heterocycles. The van der Waals surface area contributed by atoms with Gasteiger partial charge in [-0.3, -0.25) is 9.69 Å². The number of nitrogens with two attached hydrogens (primary N) is 1. The van der Waals surface area contributed by atoms with Gasteiger partial charge < -0.3 is 10.6 Å². The molecule has 20 heavy (non-hydrogen) atoms. The molecule has 108 valence electrons. The molecule has 0 radical (unpaired) electrons. The number of benzene rings is 1. The minimum absolute atomic E-state index is 0.126. The highest BCUT2D eigenvalue weighted by molar-refractivity contribution is 5.97. The van der Waals surface area contributed by atoms with Crippen LogP contribution >= 0.6 is 0 Å². The van der Waals surface area contributed by atoms with E-state index < -0.39 is 0 Å². The van der Waals surface area contributed by atoms with E-state index >= 15 is 0 Å². The van der Waals surface area contributed by atoms with Gasteiger partial charge in [-0.1, -0.05) is 6.07 Å². The Labute approximate surface area is 120 Å². The van der Waals surface area contributed by atoms with Crippen molar-refractivity contribution < 1.29 is 4.79 Å². The smallest absolute Gasteiger partial charge is 0.254 e. The second kappa shape index (κ2) is 5.44. The first-order chi connectivity index (χ1) is 9.65. The zero-order valence-electron chi connectivity index (χ0n) is 12.1. The summed E-state index contributed by atoms with van der Waals surface area (Å²) in [5.74, 6) is 1.05. The zero-order chi connectivity index (χ0) is 14.1. The monoisotopic (exact) mass is 273 g/mol. The van der Waals surface area contributed by atoms with Crippen LogP contribution in [0.4, 0.5) is 5.69 Å². The average Bonchev–Trinajstić information content (AvgIpc) is 3.26. The third-order valence-electron chi connectivity index (χ3n) is 4.48. The van der Waals surface area contributed by atoms with E-state index in [1.165, 1.54) is 19.4 Å². The molecule has 2 aliphatic rings. The van der Waals surface area contributed by atoms with Crippen LogP contribution in [0.25, 0.3) is 0 Å². The van der Waals surface area contributed by atoms with Gasteiger partial charge in [0.2, 0.25) is 0 Å². The Morgan fingerprint density at radius 2 is 1.95 bits per heavy atom. The number of amides is 1. The lowest BCUT2D eigenvalue weighted by molar-refractivity contribution is 0.0631. The molecule has 0 aromatic heterocycles. The molecule has 0 bridgehead atoms. The number of carbonyl (C=O) groups is 1. The van der Waals surface area contributed by atoms with Crippen LogP contribution in [0.1, 0.15) is 28.8 Å². The van der Waals surface area contributed by atoms with Gasteiger partial charge in [-0.25, -0.2) is 0 Å². The van der Waals surface area contributed by atoms with E-state index in [1.54, 1.807) is 0 Å². The van der Waals surface area contributed by atoms with E-state index in [4.69, 9.17) is 5.73 Å². The Hall–Kier alpha value is -1.55. The van der Waals surface area contributed by atoms with Gasteiger partial charge in [0.15, 0.2) is 0 Å². The van der Waals surface area contributed by atoms with Gasteiger partial charge in [0.05, 0.1) is 0 Å². The molecular weight excluding hydrogens is 250 g/mol. The van der Waals surface area contributed by atoms with Gasteiger partial charge in [-0.05, 0) is 43.4 Å². The topological polar surface area (TPSA) is 49.6 Å². The Bertz CT molecular complexity index is 502. The van der Waals surface area contributed by atoms with Gasteiger partial charge >= 0.3 is 0 Å². The summed E-state index contributed by atoms with van der Waals surface area (Å²) in [7, 11) is 0. The van der Waals surface area contributed by atoms with Crippen molar-refractivity contribution in [3.05, 3.63) is 29.3 Å². The minimum Gasteiger partial charge on any atom is -0.398 e. The van der Waals surface area contributed by atoms with Gasteiger partial charge in [0.1, 0.15) is 0 Å². The van der Waals surface area contributed by atoms with Crippen LogP contribution in [0.5, 0.6) is 0 Å². The summed E-state index contributed by atoms with van der Waals surface area (Å²) in [5, 5.41) is 0. The summed E-state index contributed by atoms with van der Waals surface area (Å²) in [6.45, 7) is 6.82. The highest BCUT2D eigenvalue weighted by Crippen LogP contribution is 2.30. The van der Waals surface area contributed by atoms with E-state index in [9.17, 15) is 4.79 Å². The van der Waals surface area contributed by atoms with Gasteiger partial charge in [-0.15, -0.1) is 0 Å². The number of anilines is 1. The lowest BCUT2D eigenvalue weighted by Gasteiger charge is -2.35. The van der Waals surface area contributed by atoms with Crippen LogP contribution in [0.3, 0.4) is 0 Å². The SMILES string of the molecule is Cc1c(N)cccc1C(=O)N1CCN(CC2CC2)CC1. The summed E-state index contributed by atoms with van der Waals surface area (Å²) in [6.07, 6.45) is 2.78. The predicted molar refractivity (Wildman–Crippen MR) is 80.7 cm³/mol. The van der Waals surface area contributed by atoms with E-state index in [0.717, 1.165) is 43.2 Å². The molecule has 1 aromatic rings. The summed E-state index contributed by atoms with van der Waals surface area (Å²) >= 11 is 0. The van der Waals surface area contributed by atoms with Crippen molar-refractivity contribution in [3.8, 4) is 0 Å². The van der Waals surface area contributed by atoms with E-state index in [2.05, 4.69) is 4.90 Å². The first-order valence-corrected chi connectivity index (χ1v) is 7.52. The third-order valence-corrected chi connectivity index (χ3v) is 4.48. The number of rotatable bonds is 3. The third kappa shape index (κ3) is 2.80. The highest BCUT2D eigenvalue weighted by Gasteiger charge is 2.28. The average molecular weight is 273 g/mol. The van der Waals surface area contributed by atoms with Crippen molar-refractivity contribution in [1.29, 1.82) is 0 Å². The maximum absolute atomic E-state index is 12.6. The van der Waals surface area contributed by atoms with Crippen molar-refractivity contribution in [2.45, 2.75) is 19.8 Å². The van der Waals surface area contributed by atoms with Crippen LogP contribution in [-0.2, 0) is 0 Å². The first-order valence-electron chi connectivity index (χ1n) is 7.52. The van der Waals surface area contributed by atoms with Gasteiger partial charge in [0.25, 0.3) is 5.91 Å². The number of carbonyl (C=O) groups excluding carboxylic acids is 1. The summed E-state index contributed by atoms with van der Waals surface area (Å²) in [6, 6.07) is 5.59. The predicted octanol–water partition coefficient (Wildman–Crippen LogP) is 1.75. The fraction of sp³-hybridized carbons (Fsp3) is 0.562. The van der Waals surface area contributed by atoms with Crippen molar-refractivity contribution in [1.82, 2.24) is 9.80 Å². The molecule has 0 atom stereocenters. The minimum atomic E-state index is 0.126. The molecule has 4 heteroatoms. The van der Waals surface area contributed by atoms with Gasteiger partial charge in [0, 0.05) is 44.0 Å². The number of hydrogen-bond acceptors (Lipinski definition) is 3. The fourth-order valence-corrected chi connectivity index (χ4v) is 2.85. The maximum atomic E-state index is 12.6. The molecular formula is C16H23N3O. The second-order valence-electron chi connectivity index (χ2n) is 6.06. The van der Waals surface area contributed by atoms with Crippen LogP contribution in [0.15, 0.2) is 18.2 Å². The van der Waals surface area contributed by atoms with Gasteiger partial charge in [-0.2, -0.15) is 0 Å². The zero-order valence-corrected chi connectivity index (χ0v) is 12.1. The lowest BCUT2D eigenvalue weighted by atomic mass is 10.1. The van der Waals surface area contributed by atoms with Crippen molar-refractivity contribution in [2.24, 2.45) is 5.92 Å². The maximum Gasteiger partial charge on any atom is 0.254 e. The van der Waals surface area contributed by atoms with Crippen LogP contribution in [0.2, 0.25) is 0 Å². The number of hydrogen-bond donors (Lipinski definition) is 1. The molecule has 0 unspecified atom stereocenters. The molecule has 2 N–H and O–H groups in total. The normalized spacial score (nSPS) is 20.1. The molecule has 1 saturated carbocycles. The number of nitrogen functional groups attached to an aromatic ring is 1. The molecule has 1 heterocycles. The highest BCUT2D eigenvalue weighted by atomic mass is 16.2. The molecule has 0 spiro atoms. The van der Waals surface area contributed by atoms with Crippen LogP contribution < -0.4 is 5.73 Å². The Kier molecular flexibility index (Phi) is 3.66. The molecule has 1 aliphatic heterocycles. The standard InChI is InChI=1S/C16H23N3O/c1-12-14(3-2-4-15(12)17)16(20)19-9-7-18(8-10-19)11-13-5-6-13/h2-4,13H,5-11,17H2,1H3. The Morgan fingerprint density at radius 3 is 2.60 bits per heavy atom. The Morgan fingerprint density at radius 1 is 1.25 bits per heavy atom. The number of nitrogens with zero attached hydrogens (tertiary/aromatic N) is 2. The first kappa shape index (κ1) is 13.4. The molecule has 1 aromatic carbocycles. The molecule has 2 fully saturated rings. The van der Waals surface area contributed by atoms with E-state index in [-0.39, 0.29) is 5.91 Å². The molecule has 1 amide bonds. The quantitative estimate of drug-likeness (QED) is 0.854. The fourth-order valence-electron chi connectivity index (χ4n) is 2.85. The van der Waals surface area contributed by atoms with Crippen molar-refractivity contribution in [3.63, 3.8) is 0 Å². The molecule has 1 aliphatic carbocycles. The van der Waals surface area contributed by atoms with E-state index in [0.29, 0.717) is 5.69 Å². The molecule has 4 nitrogen and oxygen atoms in total. The van der Waals surface area contributed by atoms with Crippen molar-refractivity contribution >= 4 is 11.6 Å². The lowest BCUT2D eigenvalue weighted by Crippen LogP contribution is -2.49. The van der Waals surface area contributed by atoms with Crippen LogP contribution in [-0.4, -0.2) is 48.4 Å². The van der Waals surface area contributed by atoms with E-state index in [1.807, 2.05) is 30.0 Å². The summed E-state index contributed by atoms with van der Waals surface area (Å²) in [5.41, 5.74) is 8.24. The summed E-state index contributed by atoms with van der Waals surface area (Å²) < 4.78 is 0. The molecule has 3 rings (SSSR count). The number of piperazine rings is 1. The summed E-state index contributed by atoms with van der Waals surface area (Å²) in [4.78, 5) is 17.0. The Balaban J connectivity index is 1.62. The van der Waals surface area contributed by atoms with Crippen molar-refractivity contribution in [2.75, 3.05) is 38.5 Å².